The number of carbonyl (C=O) groups excluding carboxylic acids is 1. The van der Waals surface area contributed by atoms with Gasteiger partial charge in [0.2, 0.25) is 5.91 Å². The van der Waals surface area contributed by atoms with Crippen molar-refractivity contribution in [2.45, 2.75) is 36.4 Å². The predicted molar refractivity (Wildman–Crippen MR) is 143 cm³/mol. The molecule has 1 aliphatic heterocycles. The Kier molecular flexibility index (Phi) is 7.23. The van der Waals surface area contributed by atoms with Crippen LogP contribution in [0.3, 0.4) is 0 Å². The van der Waals surface area contributed by atoms with Crippen molar-refractivity contribution in [1.82, 2.24) is 18.5 Å². The van der Waals surface area contributed by atoms with Gasteiger partial charge in [-0.05, 0) is 24.1 Å². The highest BCUT2D eigenvalue weighted by molar-refractivity contribution is 7.91. The molecule has 0 spiro atoms. The number of nitrogens with zero attached hydrogens (tertiary/aromatic N) is 4. The molecule has 1 amide bonds. The number of nitrogens with two attached hydrogens (primary N) is 1. The van der Waals surface area contributed by atoms with Crippen molar-refractivity contribution >= 4 is 39.8 Å². The highest BCUT2D eigenvalue weighted by Crippen LogP contribution is 2.35. The number of aromatic nitrogens is 4. The first kappa shape index (κ1) is 27.8. The first-order chi connectivity index (χ1) is 18.1. The van der Waals surface area contributed by atoms with Crippen molar-refractivity contribution in [2.75, 3.05) is 5.75 Å². The van der Waals surface area contributed by atoms with E-state index in [9.17, 15) is 32.7 Å². The van der Waals surface area contributed by atoms with E-state index >= 15 is 0 Å². The number of carbonyl (C=O) groups is 2. The first-order valence-electron chi connectivity index (χ1n) is 11.7. The maximum Gasteiger partial charge on any atom is 0.332 e. The van der Waals surface area contributed by atoms with Crippen molar-refractivity contribution in [1.29, 1.82) is 0 Å². The third-order valence-electron chi connectivity index (χ3n) is 6.69. The summed E-state index contributed by atoms with van der Waals surface area (Å²) in [5, 5.41) is 9.57. The topological polar surface area (TPSA) is 176 Å². The summed E-state index contributed by atoms with van der Waals surface area (Å²) in [7, 11) is -4.04. The van der Waals surface area contributed by atoms with Crippen LogP contribution in [0.1, 0.15) is 25.0 Å². The van der Waals surface area contributed by atoms with Crippen molar-refractivity contribution in [2.24, 2.45) is 5.73 Å². The summed E-state index contributed by atoms with van der Waals surface area (Å²) >= 11 is 0. The fraction of sp³-hybridized carbons (Fsp3) is 0.240. The van der Waals surface area contributed by atoms with Gasteiger partial charge in [-0.2, -0.15) is 0 Å². The van der Waals surface area contributed by atoms with Crippen LogP contribution in [0.5, 0.6) is 0 Å². The number of pyridine rings is 1. The summed E-state index contributed by atoms with van der Waals surface area (Å²) in [5.41, 5.74) is 1.82. The number of halogens is 1. The largest absolute Gasteiger partial charge is 0.481 e. The minimum absolute atomic E-state index is 0. The molecule has 204 valence electrons. The summed E-state index contributed by atoms with van der Waals surface area (Å²) in [5.74, 6) is -2.64. The number of carboxylic acid groups (broad SMARTS) is 1. The molecule has 4 heterocycles. The van der Waals surface area contributed by atoms with E-state index in [0.717, 1.165) is 4.57 Å². The van der Waals surface area contributed by atoms with Crippen LogP contribution >= 0.6 is 12.4 Å². The molecular weight excluding hydrogens is 550 g/mol. The molecule has 39 heavy (non-hydrogen) atoms. The molecule has 1 atom stereocenters. The Bertz CT molecular complexity index is 1810. The minimum Gasteiger partial charge on any atom is -0.481 e. The Hall–Kier alpha value is -4.23. The SMILES string of the molecule is Cl.NC(=O)CC(CC(=O)O)(c1cccc2nccn12)n1c(=O)c(-c2ccccc2)c2n(c1=O)CCCS2(=O)=O. The molecule has 0 aliphatic carbocycles. The van der Waals surface area contributed by atoms with Gasteiger partial charge < -0.3 is 15.2 Å². The van der Waals surface area contributed by atoms with E-state index in [1.54, 1.807) is 30.3 Å². The zero-order valence-corrected chi connectivity index (χ0v) is 22.0. The number of imidazole rings is 1. The Labute approximate surface area is 227 Å². The summed E-state index contributed by atoms with van der Waals surface area (Å²) in [6.45, 7) is -0.0253. The molecule has 1 unspecified atom stereocenters. The number of hydrogen-bond donors (Lipinski definition) is 2. The highest BCUT2D eigenvalue weighted by Gasteiger charge is 2.45. The monoisotopic (exact) mass is 573 g/mol. The molecule has 1 aromatic carbocycles. The van der Waals surface area contributed by atoms with E-state index < -0.39 is 56.4 Å². The molecule has 3 aromatic heterocycles. The third kappa shape index (κ3) is 4.53. The summed E-state index contributed by atoms with van der Waals surface area (Å²) in [6, 6.07) is 12.6. The smallest absolute Gasteiger partial charge is 0.332 e. The lowest BCUT2D eigenvalue weighted by atomic mass is 9.85. The van der Waals surface area contributed by atoms with Crippen LogP contribution in [0.25, 0.3) is 16.8 Å². The first-order valence-corrected chi connectivity index (χ1v) is 13.3. The van der Waals surface area contributed by atoms with Crippen molar-refractivity contribution < 1.29 is 23.1 Å². The molecule has 1 aliphatic rings. The fourth-order valence-corrected chi connectivity index (χ4v) is 7.00. The molecule has 0 saturated heterocycles. The summed E-state index contributed by atoms with van der Waals surface area (Å²) < 4.78 is 29.6. The molecule has 5 rings (SSSR count). The van der Waals surface area contributed by atoms with Crippen LogP contribution in [-0.4, -0.2) is 49.7 Å². The van der Waals surface area contributed by atoms with Gasteiger partial charge in [0.15, 0.2) is 14.9 Å². The maximum absolute atomic E-state index is 14.3. The van der Waals surface area contributed by atoms with Crippen LogP contribution in [0.15, 0.2) is 75.5 Å². The van der Waals surface area contributed by atoms with Gasteiger partial charge in [-0.25, -0.2) is 22.8 Å². The Morgan fingerprint density at radius 1 is 1.05 bits per heavy atom. The molecule has 14 heteroatoms. The van der Waals surface area contributed by atoms with Gasteiger partial charge in [0.25, 0.3) is 5.56 Å². The molecule has 12 nitrogen and oxygen atoms in total. The zero-order chi connectivity index (χ0) is 27.2. The number of primary amides is 1. The molecule has 0 bridgehead atoms. The second-order valence-corrected chi connectivity index (χ2v) is 11.1. The second kappa shape index (κ2) is 10.2. The van der Waals surface area contributed by atoms with Crippen LogP contribution in [0, 0.1) is 0 Å². The lowest BCUT2D eigenvalue weighted by Gasteiger charge is -2.35. The quantitative estimate of drug-likeness (QED) is 0.308. The molecule has 0 fully saturated rings. The minimum atomic E-state index is -4.04. The van der Waals surface area contributed by atoms with E-state index in [0.29, 0.717) is 10.2 Å². The lowest BCUT2D eigenvalue weighted by molar-refractivity contribution is -0.139. The van der Waals surface area contributed by atoms with Gasteiger partial charge in [-0.1, -0.05) is 36.4 Å². The highest BCUT2D eigenvalue weighted by atomic mass is 35.5. The van der Waals surface area contributed by atoms with E-state index in [2.05, 4.69) is 4.98 Å². The lowest BCUT2D eigenvalue weighted by Crippen LogP contribution is -2.57. The average molecular weight is 574 g/mol. The number of fused-ring (bicyclic) bond motifs is 2. The van der Waals surface area contributed by atoms with Gasteiger partial charge in [-0.3, -0.25) is 19.0 Å². The normalized spacial score (nSPS) is 15.6. The zero-order valence-electron chi connectivity index (χ0n) is 20.4. The second-order valence-electron chi connectivity index (χ2n) is 9.11. The van der Waals surface area contributed by atoms with Crippen molar-refractivity contribution in [3.63, 3.8) is 0 Å². The number of hydrogen-bond acceptors (Lipinski definition) is 7. The van der Waals surface area contributed by atoms with Gasteiger partial charge in [0, 0.05) is 18.9 Å². The molecule has 3 N–H and O–H groups in total. The van der Waals surface area contributed by atoms with E-state index in [1.165, 1.54) is 35.0 Å². The number of carboxylic acids is 1. The molecular formula is C25H24ClN5O7S. The van der Waals surface area contributed by atoms with Crippen molar-refractivity contribution in [3.05, 3.63) is 87.5 Å². The van der Waals surface area contributed by atoms with E-state index in [1.807, 2.05) is 0 Å². The Morgan fingerprint density at radius 2 is 1.77 bits per heavy atom. The van der Waals surface area contributed by atoms with Crippen LogP contribution in [0.2, 0.25) is 0 Å². The number of rotatable bonds is 7. The van der Waals surface area contributed by atoms with Gasteiger partial charge in [-0.15, -0.1) is 12.4 Å². The van der Waals surface area contributed by atoms with Gasteiger partial charge in [0.1, 0.15) is 11.2 Å². The van der Waals surface area contributed by atoms with Crippen LogP contribution < -0.4 is 17.0 Å². The van der Waals surface area contributed by atoms with Crippen molar-refractivity contribution in [3.8, 4) is 11.1 Å². The molecule has 4 aromatic rings. The maximum atomic E-state index is 14.3. The fourth-order valence-electron chi connectivity index (χ4n) is 5.27. The van der Waals surface area contributed by atoms with Gasteiger partial charge >= 0.3 is 11.7 Å². The third-order valence-corrected chi connectivity index (χ3v) is 8.53. The Balaban J connectivity index is 0.00000353. The van der Waals surface area contributed by atoms with Crippen LogP contribution in [-0.2, 0) is 31.5 Å². The van der Waals surface area contributed by atoms with E-state index in [4.69, 9.17) is 5.73 Å². The average Bonchev–Trinajstić information content (AvgIpc) is 3.33. The summed E-state index contributed by atoms with van der Waals surface area (Å²) in [6.07, 6.45) is 1.46. The number of aliphatic carboxylic acids is 1. The number of benzene rings is 1. The predicted octanol–water partition coefficient (Wildman–Crippen LogP) is 1.02. The van der Waals surface area contributed by atoms with E-state index in [-0.39, 0.29) is 47.9 Å². The standard InChI is InChI=1S/C25H23N5O7S.ClH/c26-18(31)14-25(15-20(32)33,17-8-4-9-19-27-10-12-28(17)19)30-22(34)21(16-6-2-1-3-7-16)23-29(24(30)35)11-5-13-38(23,36)37;/h1-4,6-10,12H,5,11,13-15H2,(H2,26,31)(H,32,33);1H. The summed E-state index contributed by atoms with van der Waals surface area (Å²) in [4.78, 5) is 57.3. The van der Waals surface area contributed by atoms with Crippen LogP contribution in [0.4, 0.5) is 0 Å². The van der Waals surface area contributed by atoms with Gasteiger partial charge in [0.05, 0.1) is 29.9 Å². The molecule has 0 saturated carbocycles. The Morgan fingerprint density at radius 3 is 2.44 bits per heavy atom. The number of sulfone groups is 1. The number of amides is 1. The molecule has 0 radical (unpaired) electrons.